The number of likely N-dealkylation sites (tertiary alicyclic amines) is 1. The molecule has 2 heterocycles. The van der Waals surface area contributed by atoms with Crippen LogP contribution in [-0.4, -0.2) is 61.0 Å². The third kappa shape index (κ3) is 3.69. The molecule has 19 heavy (non-hydrogen) atoms. The molecular formula is C14H24N2O3. The Morgan fingerprint density at radius 1 is 1.16 bits per heavy atom. The Morgan fingerprint density at radius 2 is 1.89 bits per heavy atom. The molecule has 1 atom stereocenters. The van der Waals surface area contributed by atoms with E-state index in [1.165, 1.54) is 0 Å². The van der Waals surface area contributed by atoms with Crippen molar-refractivity contribution in [1.82, 2.24) is 9.80 Å². The van der Waals surface area contributed by atoms with Crippen LogP contribution in [0.15, 0.2) is 0 Å². The van der Waals surface area contributed by atoms with E-state index in [9.17, 15) is 9.59 Å². The van der Waals surface area contributed by atoms with Crippen molar-refractivity contribution in [2.45, 2.75) is 32.6 Å². The van der Waals surface area contributed by atoms with E-state index in [1.54, 1.807) is 0 Å². The van der Waals surface area contributed by atoms with E-state index in [4.69, 9.17) is 4.74 Å². The van der Waals surface area contributed by atoms with Gasteiger partial charge in [-0.25, -0.2) is 0 Å². The van der Waals surface area contributed by atoms with Crippen molar-refractivity contribution in [1.29, 1.82) is 0 Å². The Labute approximate surface area is 114 Å². The Morgan fingerprint density at radius 3 is 2.58 bits per heavy atom. The van der Waals surface area contributed by atoms with Gasteiger partial charge in [-0.05, 0) is 19.3 Å². The second-order valence-electron chi connectivity index (χ2n) is 5.37. The Bertz CT molecular complexity index is 327. The minimum absolute atomic E-state index is 0.00680. The Balaban J connectivity index is 1.89. The van der Waals surface area contributed by atoms with Gasteiger partial charge in [0.1, 0.15) is 0 Å². The lowest BCUT2D eigenvalue weighted by atomic mass is 9.96. The van der Waals surface area contributed by atoms with Gasteiger partial charge >= 0.3 is 0 Å². The molecule has 108 valence electrons. The van der Waals surface area contributed by atoms with Crippen LogP contribution in [0.2, 0.25) is 0 Å². The number of morpholine rings is 1. The number of nitrogens with zero attached hydrogens (tertiary/aromatic N) is 2. The summed E-state index contributed by atoms with van der Waals surface area (Å²) < 4.78 is 5.27. The van der Waals surface area contributed by atoms with E-state index < -0.39 is 0 Å². The van der Waals surface area contributed by atoms with Gasteiger partial charge in [0.25, 0.3) is 0 Å². The molecule has 2 aliphatic heterocycles. The fourth-order valence-corrected chi connectivity index (χ4v) is 2.82. The van der Waals surface area contributed by atoms with E-state index in [0.717, 1.165) is 25.8 Å². The van der Waals surface area contributed by atoms with Gasteiger partial charge in [-0.3, -0.25) is 9.59 Å². The molecule has 2 fully saturated rings. The zero-order valence-electron chi connectivity index (χ0n) is 11.8. The highest BCUT2D eigenvalue weighted by atomic mass is 16.5. The predicted octanol–water partition coefficient (Wildman–Crippen LogP) is 0.884. The number of ether oxygens (including phenoxy) is 1. The van der Waals surface area contributed by atoms with Crippen molar-refractivity contribution < 1.29 is 14.3 Å². The first-order valence-corrected chi connectivity index (χ1v) is 7.36. The molecule has 0 N–H and O–H groups in total. The average Bonchev–Trinajstić information content (AvgIpc) is 2.48. The first-order chi connectivity index (χ1) is 9.22. The highest BCUT2D eigenvalue weighted by molar-refractivity contribution is 5.81. The van der Waals surface area contributed by atoms with Crippen molar-refractivity contribution in [2.24, 2.45) is 5.92 Å². The fourth-order valence-electron chi connectivity index (χ4n) is 2.82. The molecule has 0 aromatic rings. The summed E-state index contributed by atoms with van der Waals surface area (Å²) >= 11 is 0. The van der Waals surface area contributed by atoms with Crippen LogP contribution in [0.4, 0.5) is 0 Å². The summed E-state index contributed by atoms with van der Waals surface area (Å²) in [6.07, 6.45) is 3.32. The molecule has 2 aliphatic rings. The number of carbonyl (C=O) groups is 2. The third-order valence-electron chi connectivity index (χ3n) is 3.91. The van der Waals surface area contributed by atoms with Crippen LogP contribution in [0.1, 0.15) is 32.6 Å². The molecule has 0 saturated carbocycles. The summed E-state index contributed by atoms with van der Waals surface area (Å²) in [5.74, 6) is 0.395. The van der Waals surface area contributed by atoms with Gasteiger partial charge in [-0.2, -0.15) is 0 Å². The Hall–Kier alpha value is -1.10. The zero-order chi connectivity index (χ0) is 13.7. The van der Waals surface area contributed by atoms with E-state index in [1.807, 2.05) is 16.7 Å². The number of carbonyl (C=O) groups excluding carboxylic acids is 2. The molecule has 0 aliphatic carbocycles. The van der Waals surface area contributed by atoms with Crippen molar-refractivity contribution in [3.05, 3.63) is 0 Å². The topological polar surface area (TPSA) is 49.9 Å². The number of hydrogen-bond donors (Lipinski definition) is 0. The zero-order valence-corrected chi connectivity index (χ0v) is 11.8. The van der Waals surface area contributed by atoms with Gasteiger partial charge in [-0.15, -0.1) is 0 Å². The summed E-state index contributed by atoms with van der Waals surface area (Å²) in [5, 5.41) is 0. The predicted molar refractivity (Wildman–Crippen MR) is 71.6 cm³/mol. The van der Waals surface area contributed by atoms with Gasteiger partial charge < -0.3 is 14.5 Å². The number of amides is 2. The largest absolute Gasteiger partial charge is 0.378 e. The molecule has 0 bridgehead atoms. The summed E-state index contributed by atoms with van der Waals surface area (Å²) in [6, 6.07) is 0. The number of hydrogen-bond acceptors (Lipinski definition) is 3. The number of piperidine rings is 1. The molecule has 2 amide bonds. The first kappa shape index (κ1) is 14.3. The summed E-state index contributed by atoms with van der Waals surface area (Å²) in [7, 11) is 0. The lowest BCUT2D eigenvalue weighted by molar-refractivity contribution is -0.144. The maximum atomic E-state index is 12.4. The van der Waals surface area contributed by atoms with Crippen molar-refractivity contribution >= 4 is 11.8 Å². The minimum Gasteiger partial charge on any atom is -0.378 e. The maximum absolute atomic E-state index is 12.4. The molecule has 2 saturated heterocycles. The smallest absolute Gasteiger partial charge is 0.227 e. The van der Waals surface area contributed by atoms with Crippen LogP contribution in [-0.2, 0) is 14.3 Å². The van der Waals surface area contributed by atoms with Crippen LogP contribution in [0.5, 0.6) is 0 Å². The van der Waals surface area contributed by atoms with Gasteiger partial charge in [-0.1, -0.05) is 6.92 Å². The lowest BCUT2D eigenvalue weighted by Crippen LogP contribution is -2.49. The standard InChI is InChI=1S/C14H24N2O3/c1-2-4-13(17)16-6-3-5-12(11-16)14(18)15-7-9-19-10-8-15/h12H,2-11H2,1H3/t12-/m0/s1. The van der Waals surface area contributed by atoms with Gasteiger partial charge in [0.2, 0.25) is 11.8 Å². The van der Waals surface area contributed by atoms with Crippen molar-refractivity contribution in [3.8, 4) is 0 Å². The van der Waals surface area contributed by atoms with Gasteiger partial charge in [0, 0.05) is 32.6 Å². The molecule has 0 aromatic carbocycles. The van der Waals surface area contributed by atoms with Crippen molar-refractivity contribution in [3.63, 3.8) is 0 Å². The van der Waals surface area contributed by atoms with Crippen molar-refractivity contribution in [2.75, 3.05) is 39.4 Å². The van der Waals surface area contributed by atoms with Crippen LogP contribution in [0.25, 0.3) is 0 Å². The normalized spacial score (nSPS) is 24.4. The average molecular weight is 268 g/mol. The highest BCUT2D eigenvalue weighted by Crippen LogP contribution is 2.20. The summed E-state index contributed by atoms with van der Waals surface area (Å²) in [5.41, 5.74) is 0. The van der Waals surface area contributed by atoms with Crippen LogP contribution in [0.3, 0.4) is 0 Å². The molecule has 0 unspecified atom stereocenters. The molecule has 0 radical (unpaired) electrons. The van der Waals surface area contributed by atoms with E-state index >= 15 is 0 Å². The van der Waals surface area contributed by atoms with E-state index in [-0.39, 0.29) is 17.7 Å². The molecule has 5 nitrogen and oxygen atoms in total. The number of rotatable bonds is 3. The maximum Gasteiger partial charge on any atom is 0.227 e. The highest BCUT2D eigenvalue weighted by Gasteiger charge is 2.31. The quantitative estimate of drug-likeness (QED) is 0.763. The summed E-state index contributed by atoms with van der Waals surface area (Å²) in [4.78, 5) is 28.1. The third-order valence-corrected chi connectivity index (χ3v) is 3.91. The molecule has 5 heteroatoms. The fraction of sp³-hybridized carbons (Fsp3) is 0.857. The minimum atomic E-state index is -0.00680. The first-order valence-electron chi connectivity index (χ1n) is 7.36. The summed E-state index contributed by atoms with van der Waals surface area (Å²) in [6.45, 7) is 6.09. The van der Waals surface area contributed by atoms with Gasteiger partial charge in [0.05, 0.1) is 19.1 Å². The van der Waals surface area contributed by atoms with Crippen LogP contribution in [0, 0.1) is 5.92 Å². The SMILES string of the molecule is CCCC(=O)N1CCC[C@H](C(=O)N2CCOCC2)C1. The molecule has 2 rings (SSSR count). The Kier molecular flexibility index (Phi) is 5.19. The second kappa shape index (κ2) is 6.89. The van der Waals surface area contributed by atoms with Crippen LogP contribution < -0.4 is 0 Å². The van der Waals surface area contributed by atoms with E-state index in [2.05, 4.69) is 0 Å². The molecule has 0 spiro atoms. The van der Waals surface area contributed by atoms with E-state index in [0.29, 0.717) is 39.3 Å². The van der Waals surface area contributed by atoms with Crippen LogP contribution >= 0.6 is 0 Å². The lowest BCUT2D eigenvalue weighted by Gasteiger charge is -2.36. The molecule has 0 aromatic heterocycles. The van der Waals surface area contributed by atoms with Gasteiger partial charge in [0.15, 0.2) is 0 Å². The monoisotopic (exact) mass is 268 g/mol. The second-order valence-corrected chi connectivity index (χ2v) is 5.37. The molecular weight excluding hydrogens is 244 g/mol.